The van der Waals surface area contributed by atoms with Crippen molar-refractivity contribution in [2.75, 3.05) is 12.3 Å². The monoisotopic (exact) mass is 286 g/mol. The number of rotatable bonds is 4. The molecular weight excluding hydrogens is 268 g/mol. The average Bonchev–Trinajstić information content (AvgIpc) is 2.48. The van der Waals surface area contributed by atoms with Gasteiger partial charge in [-0.05, 0) is 48.4 Å². The Bertz CT molecular complexity index is 638. The minimum absolute atomic E-state index is 0.0999. The van der Waals surface area contributed by atoms with Gasteiger partial charge in [-0.25, -0.2) is 0 Å². The zero-order valence-electron chi connectivity index (χ0n) is 11.7. The summed E-state index contributed by atoms with van der Waals surface area (Å²) in [6.07, 6.45) is -0.798. The lowest BCUT2D eigenvalue weighted by molar-refractivity contribution is 0.0916. The molecule has 2 aromatic carbocycles. The highest BCUT2D eigenvalue weighted by Crippen LogP contribution is 2.17. The smallest absolute Gasteiger partial charge is 0.251 e. The van der Waals surface area contributed by atoms with Crippen molar-refractivity contribution < 1.29 is 15.0 Å². The number of amides is 1. The highest BCUT2D eigenvalue weighted by Gasteiger charge is 2.11. The summed E-state index contributed by atoms with van der Waals surface area (Å²) in [5.41, 5.74) is 7.95. The first-order valence-electron chi connectivity index (χ1n) is 6.58. The van der Waals surface area contributed by atoms with Crippen molar-refractivity contribution in [2.24, 2.45) is 0 Å². The van der Waals surface area contributed by atoms with E-state index in [0.29, 0.717) is 22.4 Å². The van der Waals surface area contributed by atoms with E-state index < -0.39 is 6.10 Å². The summed E-state index contributed by atoms with van der Waals surface area (Å²) >= 11 is 0. The minimum atomic E-state index is -0.798. The van der Waals surface area contributed by atoms with Gasteiger partial charge in [0.05, 0.1) is 6.10 Å². The molecule has 110 valence electrons. The van der Waals surface area contributed by atoms with Gasteiger partial charge in [-0.3, -0.25) is 4.79 Å². The van der Waals surface area contributed by atoms with Gasteiger partial charge in [-0.2, -0.15) is 0 Å². The third-order valence-corrected chi connectivity index (χ3v) is 3.24. The van der Waals surface area contributed by atoms with E-state index in [1.165, 1.54) is 12.1 Å². The maximum absolute atomic E-state index is 12.0. The number of anilines is 1. The summed E-state index contributed by atoms with van der Waals surface area (Å²) in [4.78, 5) is 12.0. The number of nitrogens with one attached hydrogen (secondary N) is 1. The summed E-state index contributed by atoms with van der Waals surface area (Å²) in [6, 6.07) is 11.4. The van der Waals surface area contributed by atoms with E-state index >= 15 is 0 Å². The molecular formula is C16H18N2O3. The Balaban J connectivity index is 1.97. The van der Waals surface area contributed by atoms with E-state index in [9.17, 15) is 15.0 Å². The number of aliphatic hydroxyl groups is 1. The zero-order chi connectivity index (χ0) is 15.4. The molecule has 1 unspecified atom stereocenters. The van der Waals surface area contributed by atoms with Crippen molar-refractivity contribution in [1.29, 1.82) is 0 Å². The summed E-state index contributed by atoms with van der Waals surface area (Å²) in [5.74, 6) is -0.152. The first-order valence-corrected chi connectivity index (χ1v) is 6.58. The molecule has 1 atom stereocenters. The zero-order valence-corrected chi connectivity index (χ0v) is 11.7. The van der Waals surface area contributed by atoms with Gasteiger partial charge < -0.3 is 21.3 Å². The Hall–Kier alpha value is -2.53. The second-order valence-corrected chi connectivity index (χ2v) is 4.89. The third-order valence-electron chi connectivity index (χ3n) is 3.24. The molecule has 0 saturated heterocycles. The van der Waals surface area contributed by atoms with Crippen LogP contribution in [-0.4, -0.2) is 22.7 Å². The summed E-state index contributed by atoms with van der Waals surface area (Å²) in [5, 5.41) is 22.1. The number of hydrogen-bond donors (Lipinski definition) is 4. The largest absolute Gasteiger partial charge is 0.508 e. The fourth-order valence-corrected chi connectivity index (χ4v) is 1.92. The molecule has 0 aliphatic heterocycles. The maximum atomic E-state index is 12.0. The molecule has 0 bridgehead atoms. The van der Waals surface area contributed by atoms with Gasteiger partial charge in [0.25, 0.3) is 5.91 Å². The van der Waals surface area contributed by atoms with Gasteiger partial charge in [0.1, 0.15) is 5.75 Å². The number of aliphatic hydroxyl groups excluding tert-OH is 1. The van der Waals surface area contributed by atoms with E-state index in [2.05, 4.69) is 5.32 Å². The number of carbonyl (C=O) groups excluding carboxylic acids is 1. The number of aromatic hydroxyl groups is 1. The highest BCUT2D eigenvalue weighted by molar-refractivity contribution is 5.94. The van der Waals surface area contributed by atoms with Crippen molar-refractivity contribution >= 4 is 11.6 Å². The molecule has 0 heterocycles. The molecule has 0 spiro atoms. The van der Waals surface area contributed by atoms with Crippen LogP contribution in [0.4, 0.5) is 5.69 Å². The van der Waals surface area contributed by atoms with Crippen LogP contribution in [0.1, 0.15) is 27.6 Å². The van der Waals surface area contributed by atoms with Crippen LogP contribution in [0, 0.1) is 6.92 Å². The van der Waals surface area contributed by atoms with Crippen molar-refractivity contribution in [1.82, 2.24) is 5.32 Å². The first kappa shape index (κ1) is 14.9. The number of aryl methyl sites for hydroxylation is 1. The van der Waals surface area contributed by atoms with Crippen molar-refractivity contribution in [3.05, 3.63) is 59.2 Å². The molecule has 0 aliphatic rings. The molecule has 21 heavy (non-hydrogen) atoms. The lowest BCUT2D eigenvalue weighted by Crippen LogP contribution is -2.28. The summed E-state index contributed by atoms with van der Waals surface area (Å²) < 4.78 is 0. The van der Waals surface area contributed by atoms with Crippen LogP contribution in [0.3, 0.4) is 0 Å². The molecule has 5 nitrogen and oxygen atoms in total. The van der Waals surface area contributed by atoms with Crippen molar-refractivity contribution in [2.45, 2.75) is 13.0 Å². The standard InChI is InChI=1S/C16H18N2O3/c1-10-8-12(4-7-14(10)19)16(21)18-9-15(20)11-2-5-13(17)6-3-11/h2-8,15,19-20H,9,17H2,1H3,(H,18,21). The lowest BCUT2D eigenvalue weighted by atomic mass is 10.1. The normalized spacial score (nSPS) is 11.9. The van der Waals surface area contributed by atoms with Gasteiger partial charge >= 0.3 is 0 Å². The Morgan fingerprint density at radius 3 is 2.52 bits per heavy atom. The minimum Gasteiger partial charge on any atom is -0.508 e. The Morgan fingerprint density at radius 2 is 1.90 bits per heavy atom. The number of hydrogen-bond acceptors (Lipinski definition) is 4. The fourth-order valence-electron chi connectivity index (χ4n) is 1.92. The number of nitrogen functional groups attached to an aromatic ring is 1. The molecule has 2 aromatic rings. The first-order chi connectivity index (χ1) is 9.97. The highest BCUT2D eigenvalue weighted by atomic mass is 16.3. The second kappa shape index (κ2) is 6.28. The summed E-state index contributed by atoms with van der Waals surface area (Å²) in [7, 11) is 0. The Morgan fingerprint density at radius 1 is 1.24 bits per heavy atom. The maximum Gasteiger partial charge on any atom is 0.251 e. The number of nitrogens with two attached hydrogens (primary N) is 1. The predicted octanol–water partition coefficient (Wildman–Crippen LogP) is 1.75. The van der Waals surface area contributed by atoms with Crippen LogP contribution in [-0.2, 0) is 0 Å². The van der Waals surface area contributed by atoms with Crippen molar-refractivity contribution in [3.63, 3.8) is 0 Å². The summed E-state index contributed by atoms with van der Waals surface area (Å²) in [6.45, 7) is 1.82. The van der Waals surface area contributed by atoms with Gasteiger partial charge in [0.2, 0.25) is 0 Å². The van der Waals surface area contributed by atoms with E-state index in [-0.39, 0.29) is 18.2 Å². The van der Waals surface area contributed by atoms with Gasteiger partial charge in [-0.15, -0.1) is 0 Å². The molecule has 0 radical (unpaired) electrons. The topological polar surface area (TPSA) is 95.6 Å². The van der Waals surface area contributed by atoms with E-state index in [1.807, 2.05) is 0 Å². The number of carbonyl (C=O) groups is 1. The van der Waals surface area contributed by atoms with Crippen LogP contribution in [0.5, 0.6) is 5.75 Å². The molecule has 1 amide bonds. The van der Waals surface area contributed by atoms with E-state index in [0.717, 1.165) is 0 Å². The van der Waals surface area contributed by atoms with Gasteiger partial charge in [-0.1, -0.05) is 12.1 Å². The van der Waals surface area contributed by atoms with Crippen LogP contribution in [0.25, 0.3) is 0 Å². The van der Waals surface area contributed by atoms with E-state index in [4.69, 9.17) is 5.73 Å². The molecule has 0 fully saturated rings. The van der Waals surface area contributed by atoms with Crippen molar-refractivity contribution in [3.8, 4) is 5.75 Å². The van der Waals surface area contributed by atoms with Gasteiger partial charge in [0, 0.05) is 17.8 Å². The molecule has 0 aromatic heterocycles. The average molecular weight is 286 g/mol. The number of benzene rings is 2. The van der Waals surface area contributed by atoms with Crippen LogP contribution in [0.15, 0.2) is 42.5 Å². The SMILES string of the molecule is Cc1cc(C(=O)NCC(O)c2ccc(N)cc2)ccc1O. The number of phenols is 1. The molecule has 5 heteroatoms. The molecule has 0 saturated carbocycles. The van der Waals surface area contributed by atoms with E-state index in [1.54, 1.807) is 37.3 Å². The molecule has 0 aliphatic carbocycles. The van der Waals surface area contributed by atoms with Crippen LogP contribution in [0.2, 0.25) is 0 Å². The predicted molar refractivity (Wildman–Crippen MR) is 81.0 cm³/mol. The third kappa shape index (κ3) is 3.73. The molecule has 2 rings (SSSR count). The fraction of sp³-hybridized carbons (Fsp3) is 0.188. The quantitative estimate of drug-likeness (QED) is 0.644. The number of phenolic OH excluding ortho intramolecular Hbond substituents is 1. The Labute approximate surface area is 123 Å². The van der Waals surface area contributed by atoms with Crippen LogP contribution >= 0.6 is 0 Å². The molecule has 5 N–H and O–H groups in total. The van der Waals surface area contributed by atoms with Crippen LogP contribution < -0.4 is 11.1 Å². The second-order valence-electron chi connectivity index (χ2n) is 4.89. The Kier molecular flexibility index (Phi) is 4.45. The van der Waals surface area contributed by atoms with Gasteiger partial charge in [0.15, 0.2) is 0 Å². The lowest BCUT2D eigenvalue weighted by Gasteiger charge is -2.13.